The van der Waals surface area contributed by atoms with Crippen molar-refractivity contribution in [3.63, 3.8) is 0 Å². The molecule has 27 heavy (non-hydrogen) atoms. The number of aromatic nitrogens is 2. The number of benzene rings is 1. The van der Waals surface area contributed by atoms with Gasteiger partial charge in [-0.25, -0.2) is 9.78 Å². The lowest BCUT2D eigenvalue weighted by molar-refractivity contribution is -0.385. The van der Waals surface area contributed by atoms with Crippen molar-refractivity contribution in [3.05, 3.63) is 57.4 Å². The first-order valence-corrected chi connectivity index (χ1v) is 7.85. The van der Waals surface area contributed by atoms with Crippen LogP contribution in [0.1, 0.15) is 10.4 Å². The number of rotatable bonds is 5. The van der Waals surface area contributed by atoms with E-state index in [0.29, 0.717) is 22.4 Å². The highest BCUT2D eigenvalue weighted by Crippen LogP contribution is 2.35. The minimum absolute atomic E-state index is 0.0230. The van der Waals surface area contributed by atoms with Gasteiger partial charge in [0, 0.05) is 23.7 Å². The number of pyridine rings is 2. The SMILES string of the molecule is COC(=O)c1cc2c(Oc3ncc([N+](=O)[O-])cc3Cl)ccnc2cc1OC. The van der Waals surface area contributed by atoms with Crippen LogP contribution >= 0.6 is 11.6 Å². The summed E-state index contributed by atoms with van der Waals surface area (Å²) in [6.07, 6.45) is 2.53. The fourth-order valence-corrected chi connectivity index (χ4v) is 2.57. The summed E-state index contributed by atoms with van der Waals surface area (Å²) < 4.78 is 15.7. The number of carbonyl (C=O) groups excluding carboxylic acids is 1. The Morgan fingerprint density at radius 1 is 1.19 bits per heavy atom. The molecule has 0 amide bonds. The van der Waals surface area contributed by atoms with Gasteiger partial charge in [-0.3, -0.25) is 15.1 Å². The topological polar surface area (TPSA) is 114 Å². The zero-order valence-electron chi connectivity index (χ0n) is 14.1. The molecule has 2 aromatic heterocycles. The molecule has 0 radical (unpaired) electrons. The number of esters is 1. The van der Waals surface area contributed by atoms with E-state index in [0.717, 1.165) is 12.3 Å². The molecule has 138 valence electrons. The van der Waals surface area contributed by atoms with E-state index in [-0.39, 0.29) is 22.2 Å². The summed E-state index contributed by atoms with van der Waals surface area (Å²) in [6.45, 7) is 0. The Bertz CT molecular complexity index is 1060. The summed E-state index contributed by atoms with van der Waals surface area (Å²) in [4.78, 5) is 30.3. The molecule has 0 spiro atoms. The van der Waals surface area contributed by atoms with Gasteiger partial charge in [0.25, 0.3) is 5.69 Å². The second-order valence-corrected chi connectivity index (χ2v) is 5.62. The fourth-order valence-electron chi connectivity index (χ4n) is 2.37. The van der Waals surface area contributed by atoms with E-state index in [9.17, 15) is 14.9 Å². The number of carbonyl (C=O) groups is 1. The van der Waals surface area contributed by atoms with Crippen LogP contribution in [0.5, 0.6) is 17.4 Å². The van der Waals surface area contributed by atoms with Crippen LogP contribution < -0.4 is 9.47 Å². The van der Waals surface area contributed by atoms with E-state index in [2.05, 4.69) is 9.97 Å². The molecular formula is C17H12ClN3O6. The number of fused-ring (bicyclic) bond motifs is 1. The molecule has 1 aromatic carbocycles. The van der Waals surface area contributed by atoms with Crippen LogP contribution in [0.2, 0.25) is 5.02 Å². The Morgan fingerprint density at radius 3 is 2.59 bits per heavy atom. The van der Waals surface area contributed by atoms with Crippen LogP contribution in [0.15, 0.2) is 36.7 Å². The van der Waals surface area contributed by atoms with Gasteiger partial charge in [-0.05, 0) is 12.1 Å². The van der Waals surface area contributed by atoms with Crippen molar-refractivity contribution in [3.8, 4) is 17.4 Å². The first-order chi connectivity index (χ1) is 12.9. The van der Waals surface area contributed by atoms with Gasteiger partial charge in [-0.1, -0.05) is 11.6 Å². The van der Waals surface area contributed by atoms with Crippen molar-refractivity contribution in [2.45, 2.75) is 0 Å². The summed E-state index contributed by atoms with van der Waals surface area (Å²) in [5, 5.41) is 11.2. The van der Waals surface area contributed by atoms with E-state index < -0.39 is 10.9 Å². The number of nitrogens with zero attached hydrogens (tertiary/aromatic N) is 3. The third-order valence-electron chi connectivity index (χ3n) is 3.64. The maximum absolute atomic E-state index is 12.0. The van der Waals surface area contributed by atoms with Gasteiger partial charge >= 0.3 is 5.97 Å². The summed E-state index contributed by atoms with van der Waals surface area (Å²) in [5.74, 6) is -0.0122. The number of hydrogen-bond acceptors (Lipinski definition) is 8. The second kappa shape index (κ2) is 7.42. The largest absolute Gasteiger partial charge is 0.496 e. The highest BCUT2D eigenvalue weighted by Gasteiger charge is 2.18. The Hall–Kier alpha value is -3.46. The van der Waals surface area contributed by atoms with Crippen molar-refractivity contribution in [2.75, 3.05) is 14.2 Å². The lowest BCUT2D eigenvalue weighted by Crippen LogP contribution is -2.04. The standard InChI is InChI=1S/C17H12ClN3O6/c1-25-15-7-13-10(6-11(15)17(22)26-2)14(3-4-19-13)27-16-12(18)5-9(8-20-16)21(23)24/h3-8H,1-2H3. The highest BCUT2D eigenvalue weighted by molar-refractivity contribution is 6.32. The van der Waals surface area contributed by atoms with Gasteiger partial charge in [-0.2, -0.15) is 0 Å². The van der Waals surface area contributed by atoms with Gasteiger partial charge < -0.3 is 14.2 Å². The van der Waals surface area contributed by atoms with Crippen molar-refractivity contribution >= 4 is 34.2 Å². The first-order valence-electron chi connectivity index (χ1n) is 7.47. The predicted octanol–water partition coefficient (Wildman–Crippen LogP) is 3.78. The second-order valence-electron chi connectivity index (χ2n) is 5.21. The summed E-state index contributed by atoms with van der Waals surface area (Å²) >= 11 is 6.02. The molecule has 10 heteroatoms. The summed E-state index contributed by atoms with van der Waals surface area (Å²) in [6, 6.07) is 5.77. The molecule has 0 saturated heterocycles. The number of methoxy groups -OCH3 is 2. The summed E-state index contributed by atoms with van der Waals surface area (Å²) in [7, 11) is 2.68. The highest BCUT2D eigenvalue weighted by atomic mass is 35.5. The molecule has 0 atom stereocenters. The van der Waals surface area contributed by atoms with E-state index in [4.69, 9.17) is 25.8 Å². The van der Waals surface area contributed by atoms with Crippen molar-refractivity contribution in [2.24, 2.45) is 0 Å². The molecule has 0 bridgehead atoms. The molecule has 0 unspecified atom stereocenters. The molecular weight excluding hydrogens is 378 g/mol. The maximum atomic E-state index is 12.0. The van der Waals surface area contributed by atoms with Crippen molar-refractivity contribution in [1.29, 1.82) is 0 Å². The third kappa shape index (κ3) is 3.58. The maximum Gasteiger partial charge on any atom is 0.341 e. The van der Waals surface area contributed by atoms with Gasteiger partial charge in [0.15, 0.2) is 0 Å². The molecule has 0 aliphatic heterocycles. The first kappa shape index (κ1) is 18.3. The Labute approximate surface area is 157 Å². The molecule has 3 rings (SSSR count). The van der Waals surface area contributed by atoms with E-state index in [1.807, 2.05) is 0 Å². The normalized spacial score (nSPS) is 10.5. The molecule has 0 N–H and O–H groups in total. The zero-order valence-corrected chi connectivity index (χ0v) is 14.9. The minimum Gasteiger partial charge on any atom is -0.496 e. The van der Waals surface area contributed by atoms with Crippen molar-refractivity contribution < 1.29 is 23.9 Å². The van der Waals surface area contributed by atoms with Crippen LogP contribution in [0, 0.1) is 10.1 Å². The average Bonchev–Trinajstić information content (AvgIpc) is 2.67. The van der Waals surface area contributed by atoms with E-state index in [1.54, 1.807) is 12.1 Å². The van der Waals surface area contributed by atoms with Gasteiger partial charge in [0.1, 0.15) is 28.3 Å². The van der Waals surface area contributed by atoms with Crippen LogP contribution in [0.4, 0.5) is 5.69 Å². The quantitative estimate of drug-likeness (QED) is 0.368. The smallest absolute Gasteiger partial charge is 0.341 e. The Balaban J connectivity index is 2.09. The molecule has 2 heterocycles. The Kier molecular flexibility index (Phi) is 5.04. The minimum atomic E-state index is -0.612. The van der Waals surface area contributed by atoms with Crippen LogP contribution in [0.3, 0.4) is 0 Å². The molecule has 3 aromatic rings. The van der Waals surface area contributed by atoms with E-state index in [1.165, 1.54) is 26.5 Å². The fraction of sp³-hybridized carbons (Fsp3) is 0.118. The molecule has 0 saturated carbocycles. The van der Waals surface area contributed by atoms with Crippen LogP contribution in [-0.4, -0.2) is 35.1 Å². The zero-order chi connectivity index (χ0) is 19.6. The molecule has 0 fully saturated rings. The van der Waals surface area contributed by atoms with Gasteiger partial charge in [0.05, 0.1) is 24.7 Å². The lowest BCUT2D eigenvalue weighted by Gasteiger charge is -2.12. The summed E-state index contributed by atoms with van der Waals surface area (Å²) in [5.41, 5.74) is 0.424. The van der Waals surface area contributed by atoms with Crippen molar-refractivity contribution in [1.82, 2.24) is 9.97 Å². The molecule has 0 aliphatic rings. The number of ether oxygens (including phenoxy) is 3. The van der Waals surface area contributed by atoms with Gasteiger partial charge in [0.2, 0.25) is 5.88 Å². The van der Waals surface area contributed by atoms with Crippen LogP contribution in [-0.2, 0) is 4.74 Å². The average molecular weight is 390 g/mol. The third-order valence-corrected chi connectivity index (χ3v) is 3.91. The predicted molar refractivity (Wildman–Crippen MR) is 95.6 cm³/mol. The van der Waals surface area contributed by atoms with Crippen LogP contribution in [0.25, 0.3) is 10.9 Å². The lowest BCUT2D eigenvalue weighted by atomic mass is 10.1. The Morgan fingerprint density at radius 2 is 1.96 bits per heavy atom. The number of hydrogen-bond donors (Lipinski definition) is 0. The molecule has 9 nitrogen and oxygen atoms in total. The number of halogens is 1. The van der Waals surface area contributed by atoms with E-state index >= 15 is 0 Å². The van der Waals surface area contributed by atoms with Gasteiger partial charge in [-0.15, -0.1) is 0 Å². The molecule has 0 aliphatic carbocycles. The monoisotopic (exact) mass is 389 g/mol. The number of nitro groups is 1.